The number of hydrogen-bond donors (Lipinski definition) is 1. The number of benzene rings is 1. The SMILES string of the molecule is Cc1ccccc1NC(=O)/C(C#N)=C/c1ccn(C2CCCC2)c1. The lowest BCUT2D eigenvalue weighted by atomic mass is 10.1. The molecule has 1 amide bonds. The minimum Gasteiger partial charge on any atom is -0.351 e. The fourth-order valence-corrected chi connectivity index (χ4v) is 3.16. The van der Waals surface area contributed by atoms with E-state index in [0.717, 1.165) is 16.8 Å². The number of carbonyl (C=O) groups is 1. The largest absolute Gasteiger partial charge is 0.351 e. The molecule has 1 aromatic carbocycles. The van der Waals surface area contributed by atoms with Crippen LogP contribution in [0.5, 0.6) is 0 Å². The molecule has 0 unspecified atom stereocenters. The summed E-state index contributed by atoms with van der Waals surface area (Å²) in [5, 5.41) is 12.1. The molecule has 0 saturated heterocycles. The van der Waals surface area contributed by atoms with Crippen LogP contribution in [0.4, 0.5) is 5.69 Å². The topological polar surface area (TPSA) is 57.8 Å². The van der Waals surface area contributed by atoms with Crippen LogP contribution >= 0.6 is 0 Å². The number of amides is 1. The van der Waals surface area contributed by atoms with Gasteiger partial charge in [-0.3, -0.25) is 4.79 Å². The Morgan fingerprint density at radius 3 is 2.75 bits per heavy atom. The molecule has 1 aliphatic carbocycles. The van der Waals surface area contributed by atoms with Gasteiger partial charge in [-0.25, -0.2) is 0 Å². The summed E-state index contributed by atoms with van der Waals surface area (Å²) in [6.45, 7) is 1.92. The molecule has 2 aromatic rings. The average molecular weight is 319 g/mol. The van der Waals surface area contributed by atoms with Crippen molar-refractivity contribution in [3.8, 4) is 6.07 Å². The standard InChI is InChI=1S/C20H21N3O/c1-15-6-2-5-9-19(15)22-20(24)17(13-21)12-16-10-11-23(14-16)18-7-3-4-8-18/h2,5-6,9-12,14,18H,3-4,7-8H2,1H3,(H,22,24)/b17-12+. The predicted octanol–water partition coefficient (Wildman–Crippen LogP) is 4.46. The summed E-state index contributed by atoms with van der Waals surface area (Å²) >= 11 is 0. The van der Waals surface area contributed by atoms with E-state index < -0.39 is 0 Å². The monoisotopic (exact) mass is 319 g/mol. The molecule has 0 spiro atoms. The van der Waals surface area contributed by atoms with E-state index in [1.807, 2.05) is 55.7 Å². The Morgan fingerprint density at radius 1 is 1.29 bits per heavy atom. The van der Waals surface area contributed by atoms with Gasteiger partial charge in [0.15, 0.2) is 0 Å². The van der Waals surface area contributed by atoms with Gasteiger partial charge in [0.2, 0.25) is 0 Å². The first-order valence-corrected chi connectivity index (χ1v) is 8.33. The fraction of sp³-hybridized carbons (Fsp3) is 0.300. The molecular formula is C20H21N3O. The highest BCUT2D eigenvalue weighted by atomic mass is 16.1. The third-order valence-corrected chi connectivity index (χ3v) is 4.55. The van der Waals surface area contributed by atoms with Gasteiger partial charge in [-0.15, -0.1) is 0 Å². The van der Waals surface area contributed by atoms with E-state index in [4.69, 9.17) is 0 Å². The van der Waals surface area contributed by atoms with Crippen LogP contribution in [0.3, 0.4) is 0 Å². The van der Waals surface area contributed by atoms with Crippen molar-refractivity contribution in [2.45, 2.75) is 38.6 Å². The second-order valence-corrected chi connectivity index (χ2v) is 6.27. The number of carbonyl (C=O) groups excluding carboxylic acids is 1. The van der Waals surface area contributed by atoms with E-state index in [9.17, 15) is 10.1 Å². The first kappa shape index (κ1) is 16.1. The smallest absolute Gasteiger partial charge is 0.266 e. The zero-order valence-corrected chi connectivity index (χ0v) is 13.8. The highest BCUT2D eigenvalue weighted by molar-refractivity contribution is 6.09. The van der Waals surface area contributed by atoms with Crippen LogP contribution in [-0.2, 0) is 4.79 Å². The molecule has 1 aliphatic rings. The molecule has 0 aliphatic heterocycles. The quantitative estimate of drug-likeness (QED) is 0.668. The average Bonchev–Trinajstić information content (AvgIpc) is 3.25. The van der Waals surface area contributed by atoms with Crippen molar-refractivity contribution < 1.29 is 4.79 Å². The highest BCUT2D eigenvalue weighted by Crippen LogP contribution is 2.30. The zero-order chi connectivity index (χ0) is 16.9. The molecule has 1 aromatic heterocycles. The Hall–Kier alpha value is -2.80. The first-order chi connectivity index (χ1) is 11.7. The lowest BCUT2D eigenvalue weighted by molar-refractivity contribution is -0.112. The molecule has 4 heteroatoms. The van der Waals surface area contributed by atoms with Crippen molar-refractivity contribution in [3.05, 3.63) is 59.4 Å². The zero-order valence-electron chi connectivity index (χ0n) is 13.8. The van der Waals surface area contributed by atoms with E-state index in [0.29, 0.717) is 6.04 Å². The van der Waals surface area contributed by atoms with Crippen molar-refractivity contribution in [1.82, 2.24) is 4.57 Å². The van der Waals surface area contributed by atoms with E-state index in [1.165, 1.54) is 25.7 Å². The number of para-hydroxylation sites is 1. The number of nitrogens with zero attached hydrogens (tertiary/aromatic N) is 2. The van der Waals surface area contributed by atoms with Crippen LogP contribution in [0.25, 0.3) is 6.08 Å². The number of nitriles is 1. The summed E-state index contributed by atoms with van der Waals surface area (Å²) in [5.41, 5.74) is 2.70. The number of anilines is 1. The molecular weight excluding hydrogens is 298 g/mol. The molecule has 0 bridgehead atoms. The molecule has 122 valence electrons. The van der Waals surface area contributed by atoms with Gasteiger partial charge in [-0.1, -0.05) is 31.0 Å². The maximum absolute atomic E-state index is 12.4. The molecule has 1 fully saturated rings. The van der Waals surface area contributed by atoms with Crippen LogP contribution in [-0.4, -0.2) is 10.5 Å². The maximum Gasteiger partial charge on any atom is 0.266 e. The predicted molar refractivity (Wildman–Crippen MR) is 95.3 cm³/mol. The number of hydrogen-bond acceptors (Lipinski definition) is 2. The van der Waals surface area contributed by atoms with Gasteiger partial charge in [0.1, 0.15) is 11.6 Å². The Morgan fingerprint density at radius 2 is 2.04 bits per heavy atom. The summed E-state index contributed by atoms with van der Waals surface area (Å²) < 4.78 is 2.20. The normalized spacial score (nSPS) is 15.2. The van der Waals surface area contributed by atoms with Gasteiger partial charge in [0.25, 0.3) is 5.91 Å². The number of nitrogens with one attached hydrogen (secondary N) is 1. The van der Waals surface area contributed by atoms with Gasteiger partial charge in [0, 0.05) is 24.1 Å². The Labute approximate surface area is 142 Å². The van der Waals surface area contributed by atoms with Crippen molar-refractivity contribution in [2.24, 2.45) is 0 Å². The number of rotatable bonds is 4. The summed E-state index contributed by atoms with van der Waals surface area (Å²) in [6, 6.07) is 12.0. The summed E-state index contributed by atoms with van der Waals surface area (Å²) in [7, 11) is 0. The van der Waals surface area contributed by atoms with E-state index in [2.05, 4.69) is 9.88 Å². The van der Waals surface area contributed by atoms with Crippen LogP contribution in [0, 0.1) is 18.3 Å². The van der Waals surface area contributed by atoms with Crippen molar-refractivity contribution in [2.75, 3.05) is 5.32 Å². The van der Waals surface area contributed by atoms with Crippen molar-refractivity contribution >= 4 is 17.7 Å². The molecule has 0 radical (unpaired) electrons. The van der Waals surface area contributed by atoms with Gasteiger partial charge >= 0.3 is 0 Å². The number of aromatic nitrogens is 1. The second kappa shape index (κ2) is 7.18. The Bertz CT molecular complexity index is 804. The summed E-state index contributed by atoms with van der Waals surface area (Å²) in [6.07, 6.45) is 10.7. The minimum absolute atomic E-state index is 0.113. The molecule has 4 nitrogen and oxygen atoms in total. The summed E-state index contributed by atoms with van der Waals surface area (Å²) in [4.78, 5) is 12.4. The molecule has 1 saturated carbocycles. The first-order valence-electron chi connectivity index (χ1n) is 8.33. The molecule has 1 N–H and O–H groups in total. The van der Waals surface area contributed by atoms with Crippen LogP contribution in [0.1, 0.15) is 42.9 Å². The third kappa shape index (κ3) is 3.57. The molecule has 3 rings (SSSR count). The second-order valence-electron chi connectivity index (χ2n) is 6.27. The summed E-state index contributed by atoms with van der Waals surface area (Å²) in [5.74, 6) is -0.375. The van der Waals surface area contributed by atoms with Gasteiger partial charge in [-0.05, 0) is 49.1 Å². The highest BCUT2D eigenvalue weighted by Gasteiger charge is 2.16. The molecule has 24 heavy (non-hydrogen) atoms. The van der Waals surface area contributed by atoms with Gasteiger partial charge < -0.3 is 9.88 Å². The number of aryl methyl sites for hydroxylation is 1. The maximum atomic E-state index is 12.4. The minimum atomic E-state index is -0.375. The van der Waals surface area contributed by atoms with Gasteiger partial charge in [0.05, 0.1) is 0 Å². The van der Waals surface area contributed by atoms with E-state index >= 15 is 0 Å². The van der Waals surface area contributed by atoms with Crippen LogP contribution in [0.2, 0.25) is 0 Å². The third-order valence-electron chi connectivity index (χ3n) is 4.55. The Kier molecular flexibility index (Phi) is 4.81. The molecule has 0 atom stereocenters. The van der Waals surface area contributed by atoms with Crippen molar-refractivity contribution in [1.29, 1.82) is 5.26 Å². The Balaban J connectivity index is 1.75. The van der Waals surface area contributed by atoms with Crippen molar-refractivity contribution in [3.63, 3.8) is 0 Å². The van der Waals surface area contributed by atoms with Gasteiger partial charge in [-0.2, -0.15) is 5.26 Å². The van der Waals surface area contributed by atoms with Crippen LogP contribution in [0.15, 0.2) is 48.3 Å². The molecule has 1 heterocycles. The van der Waals surface area contributed by atoms with E-state index in [-0.39, 0.29) is 11.5 Å². The lowest BCUT2D eigenvalue weighted by Crippen LogP contribution is -2.14. The van der Waals surface area contributed by atoms with E-state index in [1.54, 1.807) is 6.08 Å². The lowest BCUT2D eigenvalue weighted by Gasteiger charge is -2.10. The fourth-order valence-electron chi connectivity index (χ4n) is 3.16. The van der Waals surface area contributed by atoms with Crippen LogP contribution < -0.4 is 5.32 Å².